The van der Waals surface area contributed by atoms with Crippen molar-refractivity contribution >= 4 is 29.2 Å². The number of fused-ring (bicyclic) bond motifs is 2. The Morgan fingerprint density at radius 1 is 1.29 bits per heavy atom. The molecule has 21 heavy (non-hydrogen) atoms. The highest BCUT2D eigenvalue weighted by atomic mass is 35.5. The number of nitrogens with one attached hydrogen (secondary N) is 1. The maximum atomic E-state index is 12.1. The second kappa shape index (κ2) is 5.66. The summed E-state index contributed by atoms with van der Waals surface area (Å²) in [6.45, 7) is 0.252. The average molecular weight is 309 g/mol. The molecule has 3 rings (SSSR count). The van der Waals surface area contributed by atoms with Gasteiger partial charge in [-0.3, -0.25) is 14.5 Å². The summed E-state index contributed by atoms with van der Waals surface area (Å²) in [6.07, 6.45) is 2.52. The van der Waals surface area contributed by atoms with Crippen molar-refractivity contribution in [3.63, 3.8) is 0 Å². The van der Waals surface area contributed by atoms with Gasteiger partial charge in [0.25, 0.3) is 0 Å². The number of carbonyl (C=O) groups is 2. The maximum absolute atomic E-state index is 12.1. The third-order valence-electron chi connectivity index (χ3n) is 4.45. The SMILES string of the molecule is O=C(CN1C2CCC1C(C(=O)O)C2)Nc1ccc(Cl)cc1. The minimum Gasteiger partial charge on any atom is -0.481 e. The molecule has 1 aromatic carbocycles. The lowest BCUT2D eigenvalue weighted by atomic mass is 9.89. The summed E-state index contributed by atoms with van der Waals surface area (Å²) in [5.74, 6) is -1.18. The van der Waals surface area contributed by atoms with Gasteiger partial charge < -0.3 is 10.4 Å². The van der Waals surface area contributed by atoms with Crippen LogP contribution < -0.4 is 5.32 Å². The summed E-state index contributed by atoms with van der Waals surface area (Å²) in [6, 6.07) is 7.17. The van der Waals surface area contributed by atoms with Gasteiger partial charge in [-0.1, -0.05) is 11.6 Å². The van der Waals surface area contributed by atoms with E-state index in [9.17, 15) is 14.7 Å². The number of carboxylic acids is 1. The van der Waals surface area contributed by atoms with Crippen molar-refractivity contribution in [1.29, 1.82) is 0 Å². The van der Waals surface area contributed by atoms with Gasteiger partial charge in [-0.05, 0) is 43.5 Å². The number of carbonyl (C=O) groups excluding carboxylic acids is 1. The molecule has 1 aromatic rings. The fraction of sp³-hybridized carbons (Fsp3) is 0.467. The lowest BCUT2D eigenvalue weighted by Gasteiger charge is -2.22. The monoisotopic (exact) mass is 308 g/mol. The van der Waals surface area contributed by atoms with Crippen LogP contribution in [0, 0.1) is 5.92 Å². The van der Waals surface area contributed by atoms with E-state index < -0.39 is 5.97 Å². The summed E-state index contributed by atoms with van der Waals surface area (Å²) >= 11 is 5.80. The first-order chi connectivity index (χ1) is 10.0. The molecule has 5 nitrogen and oxygen atoms in total. The molecule has 2 fully saturated rings. The fourth-order valence-electron chi connectivity index (χ4n) is 3.51. The number of hydrogen-bond acceptors (Lipinski definition) is 3. The van der Waals surface area contributed by atoms with Crippen LogP contribution in [0.5, 0.6) is 0 Å². The van der Waals surface area contributed by atoms with E-state index in [-0.39, 0.29) is 30.5 Å². The Labute approximate surface area is 127 Å². The molecule has 2 saturated heterocycles. The highest BCUT2D eigenvalue weighted by Gasteiger charge is 2.49. The number of benzene rings is 1. The van der Waals surface area contributed by atoms with Gasteiger partial charge in [-0.15, -0.1) is 0 Å². The van der Waals surface area contributed by atoms with Gasteiger partial charge >= 0.3 is 5.97 Å². The van der Waals surface area contributed by atoms with Crippen LogP contribution >= 0.6 is 11.6 Å². The molecular formula is C15H17ClN2O3. The van der Waals surface area contributed by atoms with E-state index >= 15 is 0 Å². The van der Waals surface area contributed by atoms with Crippen molar-refractivity contribution in [3.05, 3.63) is 29.3 Å². The Balaban J connectivity index is 1.61. The first-order valence-electron chi connectivity index (χ1n) is 7.08. The van der Waals surface area contributed by atoms with E-state index in [1.807, 2.05) is 4.90 Å². The number of hydrogen-bond donors (Lipinski definition) is 2. The fourth-order valence-corrected chi connectivity index (χ4v) is 3.64. The van der Waals surface area contributed by atoms with Crippen molar-refractivity contribution < 1.29 is 14.7 Å². The van der Waals surface area contributed by atoms with E-state index in [0.29, 0.717) is 17.1 Å². The van der Waals surface area contributed by atoms with E-state index in [1.165, 1.54) is 0 Å². The Bertz CT molecular complexity index is 561. The van der Waals surface area contributed by atoms with Gasteiger partial charge in [0.2, 0.25) is 5.91 Å². The molecule has 1 amide bonds. The van der Waals surface area contributed by atoms with E-state index in [4.69, 9.17) is 11.6 Å². The number of anilines is 1. The van der Waals surface area contributed by atoms with E-state index in [1.54, 1.807) is 24.3 Å². The third kappa shape index (κ3) is 2.89. The average Bonchev–Trinajstić information content (AvgIpc) is 2.98. The second-order valence-corrected chi connectivity index (χ2v) is 6.14. The Kier molecular flexibility index (Phi) is 3.87. The highest BCUT2D eigenvalue weighted by molar-refractivity contribution is 6.30. The molecule has 0 aliphatic carbocycles. The number of nitrogens with zero attached hydrogens (tertiary/aromatic N) is 1. The minimum atomic E-state index is -0.745. The smallest absolute Gasteiger partial charge is 0.308 e. The Morgan fingerprint density at radius 2 is 2.00 bits per heavy atom. The van der Waals surface area contributed by atoms with Gasteiger partial charge in [0, 0.05) is 22.8 Å². The van der Waals surface area contributed by atoms with Crippen LogP contribution in [0.15, 0.2) is 24.3 Å². The van der Waals surface area contributed by atoms with Crippen molar-refractivity contribution in [1.82, 2.24) is 4.90 Å². The predicted octanol–water partition coefficient (Wildman–Crippen LogP) is 2.22. The van der Waals surface area contributed by atoms with Crippen molar-refractivity contribution in [2.75, 3.05) is 11.9 Å². The summed E-state index contributed by atoms with van der Waals surface area (Å²) < 4.78 is 0. The molecule has 2 bridgehead atoms. The summed E-state index contributed by atoms with van der Waals surface area (Å²) in [7, 11) is 0. The van der Waals surface area contributed by atoms with Crippen LogP contribution in [0.4, 0.5) is 5.69 Å². The van der Waals surface area contributed by atoms with Gasteiger partial charge in [-0.25, -0.2) is 0 Å². The molecule has 2 heterocycles. The van der Waals surface area contributed by atoms with Crippen molar-refractivity contribution in [2.24, 2.45) is 5.92 Å². The van der Waals surface area contributed by atoms with Crippen LogP contribution in [0.25, 0.3) is 0 Å². The third-order valence-corrected chi connectivity index (χ3v) is 4.70. The van der Waals surface area contributed by atoms with Crippen molar-refractivity contribution in [3.8, 4) is 0 Å². The van der Waals surface area contributed by atoms with E-state index in [0.717, 1.165) is 12.8 Å². The molecule has 0 saturated carbocycles. The quantitative estimate of drug-likeness (QED) is 0.895. The number of rotatable bonds is 4. The normalized spacial score (nSPS) is 27.8. The first-order valence-corrected chi connectivity index (χ1v) is 7.46. The van der Waals surface area contributed by atoms with Gasteiger partial charge in [-0.2, -0.15) is 0 Å². The highest BCUT2D eigenvalue weighted by Crippen LogP contribution is 2.41. The van der Waals surface area contributed by atoms with Gasteiger partial charge in [0.05, 0.1) is 12.5 Å². The molecule has 2 aliphatic heterocycles. The first kappa shape index (κ1) is 14.4. The number of amides is 1. The number of aliphatic carboxylic acids is 1. The topological polar surface area (TPSA) is 69.6 Å². The lowest BCUT2D eigenvalue weighted by molar-refractivity contribution is -0.142. The largest absolute Gasteiger partial charge is 0.481 e. The Hall–Kier alpha value is -1.59. The molecule has 112 valence electrons. The number of carboxylic acid groups (broad SMARTS) is 1. The van der Waals surface area contributed by atoms with Crippen LogP contribution in [-0.2, 0) is 9.59 Å². The summed E-state index contributed by atoms with van der Waals surface area (Å²) in [5, 5.41) is 12.7. The molecular weight excluding hydrogens is 292 g/mol. The maximum Gasteiger partial charge on any atom is 0.308 e. The van der Waals surface area contributed by atoms with Gasteiger partial charge in [0.1, 0.15) is 0 Å². The molecule has 3 atom stereocenters. The zero-order valence-electron chi connectivity index (χ0n) is 11.5. The second-order valence-electron chi connectivity index (χ2n) is 5.71. The predicted molar refractivity (Wildman–Crippen MR) is 79.3 cm³/mol. The minimum absolute atomic E-state index is 0.00321. The lowest BCUT2D eigenvalue weighted by Crippen LogP contribution is -2.38. The number of halogens is 1. The van der Waals surface area contributed by atoms with Crippen LogP contribution in [-0.4, -0.2) is 40.5 Å². The molecule has 3 unspecified atom stereocenters. The molecule has 2 aliphatic rings. The van der Waals surface area contributed by atoms with E-state index in [2.05, 4.69) is 5.32 Å². The van der Waals surface area contributed by atoms with Crippen molar-refractivity contribution in [2.45, 2.75) is 31.3 Å². The zero-order valence-corrected chi connectivity index (χ0v) is 12.2. The molecule has 0 aromatic heterocycles. The molecule has 0 radical (unpaired) electrons. The molecule has 2 N–H and O–H groups in total. The summed E-state index contributed by atoms with van der Waals surface area (Å²) in [5.41, 5.74) is 0.700. The van der Waals surface area contributed by atoms with Gasteiger partial charge in [0.15, 0.2) is 0 Å². The van der Waals surface area contributed by atoms with Crippen LogP contribution in [0.3, 0.4) is 0 Å². The standard InChI is InChI=1S/C15H17ClN2O3/c16-9-1-3-10(4-2-9)17-14(19)8-18-11-5-6-13(18)12(7-11)15(20)21/h1-4,11-13H,5-8H2,(H,17,19)(H,20,21). The van der Waals surface area contributed by atoms with Crippen LogP contribution in [0.2, 0.25) is 5.02 Å². The molecule has 0 spiro atoms. The van der Waals surface area contributed by atoms with Crippen LogP contribution in [0.1, 0.15) is 19.3 Å². The molecule has 6 heteroatoms. The Morgan fingerprint density at radius 3 is 2.62 bits per heavy atom. The summed E-state index contributed by atoms with van der Waals surface area (Å²) in [4.78, 5) is 25.4. The zero-order chi connectivity index (χ0) is 15.0.